The first-order chi connectivity index (χ1) is 5.80. The Morgan fingerprint density at radius 3 is 2.25 bits per heavy atom. The van der Waals surface area contributed by atoms with Gasteiger partial charge in [-0.3, -0.25) is 0 Å². The molecule has 0 saturated heterocycles. The number of fused-ring (bicyclic) bond motifs is 1. The van der Waals surface area contributed by atoms with Crippen molar-refractivity contribution in [3.63, 3.8) is 0 Å². The van der Waals surface area contributed by atoms with Crippen LogP contribution in [0.3, 0.4) is 0 Å². The summed E-state index contributed by atoms with van der Waals surface area (Å²) in [6.07, 6.45) is 10.0. The Labute approximate surface area is 74.2 Å². The predicted molar refractivity (Wildman–Crippen MR) is 47.8 cm³/mol. The van der Waals surface area contributed by atoms with Crippen molar-refractivity contribution < 1.29 is 5.11 Å². The van der Waals surface area contributed by atoms with E-state index in [1.165, 1.54) is 44.9 Å². The van der Waals surface area contributed by atoms with Crippen molar-refractivity contribution in [1.82, 2.24) is 0 Å². The van der Waals surface area contributed by atoms with Crippen LogP contribution in [0.4, 0.5) is 0 Å². The van der Waals surface area contributed by atoms with Gasteiger partial charge in [0.1, 0.15) is 0 Å². The highest BCUT2D eigenvalue weighted by Crippen LogP contribution is 2.88. The number of hydrogen-bond acceptors (Lipinski definition) is 1. The fraction of sp³-hybridized carbons (Fsp3) is 1.00. The van der Waals surface area contributed by atoms with E-state index in [9.17, 15) is 0 Å². The molecule has 3 rings (SSSR count). The summed E-state index contributed by atoms with van der Waals surface area (Å²) in [4.78, 5) is 0. The van der Waals surface area contributed by atoms with Crippen molar-refractivity contribution in [3.05, 3.63) is 0 Å². The molecule has 0 heterocycles. The zero-order valence-corrected chi connectivity index (χ0v) is 7.68. The fourth-order valence-electron chi connectivity index (χ4n) is 3.56. The van der Waals surface area contributed by atoms with E-state index in [2.05, 4.69) is 0 Å². The Hall–Kier alpha value is -0.0400. The van der Waals surface area contributed by atoms with Crippen molar-refractivity contribution in [2.24, 2.45) is 16.7 Å². The van der Waals surface area contributed by atoms with E-state index in [4.69, 9.17) is 5.11 Å². The van der Waals surface area contributed by atoms with Crippen LogP contribution in [0.1, 0.15) is 44.9 Å². The Kier molecular flexibility index (Phi) is 1.27. The molecule has 1 nitrogen and oxygen atoms in total. The summed E-state index contributed by atoms with van der Waals surface area (Å²) in [7, 11) is 0. The zero-order chi connectivity index (χ0) is 8.23. The van der Waals surface area contributed by atoms with Crippen molar-refractivity contribution in [3.8, 4) is 0 Å². The third kappa shape index (κ3) is 0.783. The van der Waals surface area contributed by atoms with Crippen molar-refractivity contribution in [2.75, 3.05) is 6.61 Å². The quantitative estimate of drug-likeness (QED) is 0.682. The van der Waals surface area contributed by atoms with E-state index in [0.717, 1.165) is 5.92 Å². The molecule has 0 aromatic rings. The number of aliphatic hydroxyl groups is 1. The van der Waals surface area contributed by atoms with Crippen LogP contribution < -0.4 is 0 Å². The molecule has 3 aliphatic carbocycles. The molecule has 3 fully saturated rings. The molecule has 0 radical (unpaired) electrons. The lowest BCUT2D eigenvalue weighted by Gasteiger charge is -2.09. The van der Waals surface area contributed by atoms with Gasteiger partial charge in [-0.1, -0.05) is 25.7 Å². The minimum atomic E-state index is 0.468. The van der Waals surface area contributed by atoms with Crippen LogP contribution in [0, 0.1) is 16.7 Å². The van der Waals surface area contributed by atoms with Gasteiger partial charge in [0.25, 0.3) is 0 Å². The second kappa shape index (κ2) is 2.06. The van der Waals surface area contributed by atoms with Gasteiger partial charge in [-0.2, -0.15) is 0 Å². The van der Waals surface area contributed by atoms with Gasteiger partial charge in [-0.05, 0) is 30.6 Å². The maximum absolute atomic E-state index is 9.15. The molecular formula is C11H18O. The lowest BCUT2D eigenvalue weighted by atomic mass is 9.96. The summed E-state index contributed by atoms with van der Waals surface area (Å²) in [6, 6.07) is 0. The van der Waals surface area contributed by atoms with Crippen LogP contribution in [-0.4, -0.2) is 11.7 Å². The van der Waals surface area contributed by atoms with Gasteiger partial charge in [-0.25, -0.2) is 0 Å². The van der Waals surface area contributed by atoms with E-state index in [1.807, 2.05) is 0 Å². The monoisotopic (exact) mass is 166 g/mol. The lowest BCUT2D eigenvalue weighted by Crippen LogP contribution is -1.98. The Bertz CT molecular complexity index is 197. The van der Waals surface area contributed by atoms with E-state index >= 15 is 0 Å². The summed E-state index contributed by atoms with van der Waals surface area (Å²) in [5, 5.41) is 9.15. The Morgan fingerprint density at radius 1 is 1.08 bits per heavy atom. The van der Waals surface area contributed by atoms with Crippen LogP contribution in [0.2, 0.25) is 0 Å². The largest absolute Gasteiger partial charge is 0.396 e. The third-order valence-electron chi connectivity index (χ3n) is 4.69. The summed E-state index contributed by atoms with van der Waals surface area (Å²) in [6.45, 7) is 0.472. The molecule has 0 amide bonds. The van der Waals surface area contributed by atoms with Crippen molar-refractivity contribution in [2.45, 2.75) is 44.9 Å². The topological polar surface area (TPSA) is 20.2 Å². The first kappa shape index (κ1) is 7.37. The van der Waals surface area contributed by atoms with Crippen LogP contribution in [0.5, 0.6) is 0 Å². The molecule has 0 aliphatic heterocycles. The van der Waals surface area contributed by atoms with Gasteiger partial charge in [0, 0.05) is 12.0 Å². The standard InChI is InChI=1S/C11H18O/c12-8-11-6-10(11,7-11)5-9-3-1-2-4-9/h9,12H,1-8H2. The van der Waals surface area contributed by atoms with Gasteiger partial charge in [0.15, 0.2) is 0 Å². The average molecular weight is 166 g/mol. The minimum absolute atomic E-state index is 0.468. The molecular weight excluding hydrogens is 148 g/mol. The van der Waals surface area contributed by atoms with Crippen molar-refractivity contribution >= 4 is 0 Å². The zero-order valence-electron chi connectivity index (χ0n) is 7.68. The Balaban J connectivity index is 1.58. The predicted octanol–water partition coefficient (Wildman–Crippen LogP) is 2.34. The summed E-state index contributed by atoms with van der Waals surface area (Å²) < 4.78 is 0. The van der Waals surface area contributed by atoms with Crippen LogP contribution in [0.15, 0.2) is 0 Å². The first-order valence-corrected chi connectivity index (χ1v) is 5.41. The number of aliphatic hydroxyl groups excluding tert-OH is 1. The second-order valence-corrected chi connectivity index (χ2v) is 5.43. The van der Waals surface area contributed by atoms with Crippen LogP contribution >= 0.6 is 0 Å². The molecule has 68 valence electrons. The number of hydrogen-bond donors (Lipinski definition) is 1. The minimum Gasteiger partial charge on any atom is -0.396 e. The summed E-state index contributed by atoms with van der Waals surface area (Å²) >= 11 is 0. The normalized spacial score (nSPS) is 50.8. The SMILES string of the molecule is OCC12CC1(CC1CCCC1)C2. The Morgan fingerprint density at radius 2 is 1.75 bits per heavy atom. The van der Waals surface area contributed by atoms with Gasteiger partial charge >= 0.3 is 0 Å². The highest BCUT2D eigenvalue weighted by Gasteiger charge is 2.81. The number of rotatable bonds is 3. The van der Waals surface area contributed by atoms with Crippen LogP contribution in [0.25, 0.3) is 0 Å². The molecule has 1 N–H and O–H groups in total. The van der Waals surface area contributed by atoms with Gasteiger partial charge in [0.2, 0.25) is 0 Å². The molecule has 0 aromatic heterocycles. The van der Waals surface area contributed by atoms with E-state index in [0.29, 0.717) is 17.4 Å². The highest BCUT2D eigenvalue weighted by atomic mass is 16.3. The van der Waals surface area contributed by atoms with E-state index < -0.39 is 0 Å². The van der Waals surface area contributed by atoms with Crippen LogP contribution in [-0.2, 0) is 0 Å². The second-order valence-electron chi connectivity index (χ2n) is 5.43. The van der Waals surface area contributed by atoms with E-state index in [1.54, 1.807) is 0 Å². The smallest absolute Gasteiger partial charge is 0.0493 e. The lowest BCUT2D eigenvalue weighted by molar-refractivity contribution is 0.245. The summed E-state index contributed by atoms with van der Waals surface area (Å²) in [5.74, 6) is 1.03. The van der Waals surface area contributed by atoms with Gasteiger partial charge in [0.05, 0.1) is 0 Å². The molecule has 12 heavy (non-hydrogen) atoms. The third-order valence-corrected chi connectivity index (χ3v) is 4.69. The van der Waals surface area contributed by atoms with E-state index in [-0.39, 0.29) is 0 Å². The maximum Gasteiger partial charge on any atom is 0.0493 e. The molecule has 0 unspecified atom stereocenters. The molecule has 3 aliphatic rings. The molecule has 1 heteroatoms. The fourth-order valence-corrected chi connectivity index (χ4v) is 3.56. The summed E-state index contributed by atoms with van der Waals surface area (Å²) in [5.41, 5.74) is 1.15. The average Bonchev–Trinajstić information content (AvgIpc) is 2.67. The van der Waals surface area contributed by atoms with Gasteiger partial charge in [-0.15, -0.1) is 0 Å². The first-order valence-electron chi connectivity index (χ1n) is 5.41. The molecule has 0 spiro atoms. The van der Waals surface area contributed by atoms with Crippen molar-refractivity contribution in [1.29, 1.82) is 0 Å². The molecule has 0 aromatic carbocycles. The maximum atomic E-state index is 9.15. The van der Waals surface area contributed by atoms with Gasteiger partial charge < -0.3 is 5.11 Å². The molecule has 0 bridgehead atoms. The molecule has 3 saturated carbocycles. The highest BCUT2D eigenvalue weighted by molar-refractivity contribution is 5.30. The molecule has 0 atom stereocenters.